The number of nitrogens with one attached hydrogen (secondary N) is 1. The zero-order chi connectivity index (χ0) is 14.4. The van der Waals surface area contributed by atoms with Crippen LogP contribution in [0.3, 0.4) is 0 Å². The molecule has 0 saturated heterocycles. The summed E-state index contributed by atoms with van der Waals surface area (Å²) in [5.74, 6) is 0.810. The van der Waals surface area contributed by atoms with E-state index in [1.165, 1.54) is 0 Å². The van der Waals surface area contributed by atoms with Crippen LogP contribution in [0, 0.1) is 22.7 Å². The lowest BCUT2D eigenvalue weighted by molar-refractivity contribution is 0.414. The summed E-state index contributed by atoms with van der Waals surface area (Å²) < 4.78 is 5.10. The molecule has 2 rings (SSSR count). The Kier molecular flexibility index (Phi) is 4.21. The lowest BCUT2D eigenvalue weighted by Gasteiger charge is -2.09. The molecule has 0 fully saturated rings. The lowest BCUT2D eigenvalue weighted by atomic mass is 10.1. The first-order valence-electron chi connectivity index (χ1n) is 6.08. The second-order valence-electron chi connectivity index (χ2n) is 4.19. The molecule has 2 aromatic rings. The number of hydrogen-bond donors (Lipinski definition) is 1. The maximum absolute atomic E-state index is 9.09. The van der Waals surface area contributed by atoms with E-state index in [-0.39, 0.29) is 0 Å². The highest BCUT2D eigenvalue weighted by molar-refractivity contribution is 5.60. The van der Waals surface area contributed by atoms with E-state index in [0.29, 0.717) is 17.7 Å². The molecule has 0 heterocycles. The van der Waals surface area contributed by atoms with Crippen LogP contribution < -0.4 is 10.1 Å². The summed E-state index contributed by atoms with van der Waals surface area (Å²) in [4.78, 5) is 0. The summed E-state index contributed by atoms with van der Waals surface area (Å²) in [6.45, 7) is 0.602. The van der Waals surface area contributed by atoms with Crippen LogP contribution in [0.4, 0.5) is 5.69 Å². The van der Waals surface area contributed by atoms with Crippen molar-refractivity contribution in [1.82, 2.24) is 0 Å². The van der Waals surface area contributed by atoms with Gasteiger partial charge in [0, 0.05) is 6.54 Å². The third-order valence-electron chi connectivity index (χ3n) is 2.91. The van der Waals surface area contributed by atoms with Crippen molar-refractivity contribution in [2.75, 3.05) is 12.4 Å². The Balaban J connectivity index is 2.10. The van der Waals surface area contributed by atoms with Gasteiger partial charge in [0.25, 0.3) is 0 Å². The number of nitriles is 2. The summed E-state index contributed by atoms with van der Waals surface area (Å²) >= 11 is 0. The fourth-order valence-electron chi connectivity index (χ4n) is 1.80. The number of nitrogens with zero attached hydrogens (tertiary/aromatic N) is 2. The topological polar surface area (TPSA) is 68.8 Å². The van der Waals surface area contributed by atoms with Crippen molar-refractivity contribution in [3.63, 3.8) is 0 Å². The van der Waals surface area contributed by atoms with Crippen molar-refractivity contribution >= 4 is 5.69 Å². The SMILES string of the molecule is COc1ccc(CNc2ccc(C#N)cc2C#N)cc1. The van der Waals surface area contributed by atoms with Gasteiger partial charge in [0.05, 0.1) is 30.0 Å². The molecule has 2 aromatic carbocycles. The van der Waals surface area contributed by atoms with Crippen LogP contribution in [0.2, 0.25) is 0 Å². The third kappa shape index (κ3) is 3.07. The molecule has 4 nitrogen and oxygen atoms in total. The average molecular weight is 263 g/mol. The Morgan fingerprint density at radius 1 is 1.05 bits per heavy atom. The normalized spacial score (nSPS) is 9.35. The van der Waals surface area contributed by atoms with Gasteiger partial charge >= 0.3 is 0 Å². The van der Waals surface area contributed by atoms with Crippen LogP contribution >= 0.6 is 0 Å². The molecule has 0 saturated carbocycles. The predicted octanol–water partition coefficient (Wildman–Crippen LogP) is 3.05. The Morgan fingerprint density at radius 3 is 2.40 bits per heavy atom. The van der Waals surface area contributed by atoms with Gasteiger partial charge in [-0.2, -0.15) is 10.5 Å². The number of hydrogen-bond acceptors (Lipinski definition) is 4. The minimum atomic E-state index is 0.470. The Labute approximate surface area is 117 Å². The van der Waals surface area contributed by atoms with Gasteiger partial charge < -0.3 is 10.1 Å². The second-order valence-corrected chi connectivity index (χ2v) is 4.19. The molecule has 0 amide bonds. The van der Waals surface area contributed by atoms with Crippen molar-refractivity contribution in [2.24, 2.45) is 0 Å². The lowest BCUT2D eigenvalue weighted by Crippen LogP contribution is -2.01. The zero-order valence-electron chi connectivity index (χ0n) is 11.1. The molecule has 0 aliphatic carbocycles. The Bertz CT molecular complexity index is 678. The Hall–Kier alpha value is -2.98. The van der Waals surface area contributed by atoms with E-state index in [1.807, 2.05) is 30.3 Å². The second kappa shape index (κ2) is 6.26. The Morgan fingerprint density at radius 2 is 1.80 bits per heavy atom. The van der Waals surface area contributed by atoms with E-state index in [0.717, 1.165) is 17.0 Å². The zero-order valence-corrected chi connectivity index (χ0v) is 11.1. The highest BCUT2D eigenvalue weighted by atomic mass is 16.5. The van der Waals surface area contributed by atoms with E-state index >= 15 is 0 Å². The van der Waals surface area contributed by atoms with Crippen molar-refractivity contribution in [1.29, 1.82) is 10.5 Å². The highest BCUT2D eigenvalue weighted by Crippen LogP contribution is 2.18. The molecule has 0 spiro atoms. The first kappa shape index (κ1) is 13.5. The van der Waals surface area contributed by atoms with Gasteiger partial charge in [-0.05, 0) is 35.9 Å². The van der Waals surface area contributed by atoms with Gasteiger partial charge in [-0.15, -0.1) is 0 Å². The van der Waals surface area contributed by atoms with Crippen LogP contribution in [0.15, 0.2) is 42.5 Å². The molecule has 0 aliphatic heterocycles. The highest BCUT2D eigenvalue weighted by Gasteiger charge is 2.03. The smallest absolute Gasteiger partial charge is 0.118 e. The van der Waals surface area contributed by atoms with E-state index in [1.54, 1.807) is 25.3 Å². The van der Waals surface area contributed by atoms with Gasteiger partial charge in [-0.25, -0.2) is 0 Å². The molecule has 0 unspecified atom stereocenters. The van der Waals surface area contributed by atoms with Crippen LogP contribution in [0.5, 0.6) is 5.75 Å². The van der Waals surface area contributed by atoms with Crippen molar-refractivity contribution in [3.05, 3.63) is 59.2 Å². The van der Waals surface area contributed by atoms with E-state index < -0.39 is 0 Å². The summed E-state index contributed by atoms with van der Waals surface area (Å²) in [7, 11) is 1.63. The first-order valence-corrected chi connectivity index (χ1v) is 6.08. The van der Waals surface area contributed by atoms with Gasteiger partial charge in [-0.1, -0.05) is 12.1 Å². The van der Waals surface area contributed by atoms with E-state index in [4.69, 9.17) is 15.3 Å². The van der Waals surface area contributed by atoms with E-state index in [9.17, 15) is 0 Å². The van der Waals surface area contributed by atoms with Gasteiger partial charge in [-0.3, -0.25) is 0 Å². The maximum Gasteiger partial charge on any atom is 0.118 e. The maximum atomic E-state index is 9.09. The molecule has 0 bridgehead atoms. The molecule has 1 N–H and O–H groups in total. The van der Waals surface area contributed by atoms with Crippen LogP contribution in [-0.2, 0) is 6.54 Å². The first-order chi connectivity index (χ1) is 9.76. The van der Waals surface area contributed by atoms with Crippen LogP contribution in [-0.4, -0.2) is 7.11 Å². The summed E-state index contributed by atoms with van der Waals surface area (Å²) in [6.07, 6.45) is 0. The molecule has 4 heteroatoms. The van der Waals surface area contributed by atoms with Gasteiger partial charge in [0.15, 0.2) is 0 Å². The van der Waals surface area contributed by atoms with Crippen LogP contribution in [0.1, 0.15) is 16.7 Å². The number of benzene rings is 2. The molecule has 98 valence electrons. The monoisotopic (exact) mass is 263 g/mol. The standard InChI is InChI=1S/C16H13N3O/c1-20-15-5-2-12(3-6-15)11-19-16-7-4-13(9-17)8-14(16)10-18/h2-8,19H,11H2,1H3. The van der Waals surface area contributed by atoms with Crippen molar-refractivity contribution in [3.8, 4) is 17.9 Å². The molecular formula is C16H13N3O. The molecule has 20 heavy (non-hydrogen) atoms. The quantitative estimate of drug-likeness (QED) is 0.920. The largest absolute Gasteiger partial charge is 0.497 e. The number of rotatable bonds is 4. The molecule has 0 aliphatic rings. The molecule has 0 aromatic heterocycles. The average Bonchev–Trinajstić information content (AvgIpc) is 2.53. The summed E-state index contributed by atoms with van der Waals surface area (Å²) in [6, 6.07) is 16.8. The van der Waals surface area contributed by atoms with E-state index in [2.05, 4.69) is 11.4 Å². The fraction of sp³-hybridized carbons (Fsp3) is 0.125. The van der Waals surface area contributed by atoms with Gasteiger partial charge in [0.2, 0.25) is 0 Å². The molecular weight excluding hydrogens is 250 g/mol. The van der Waals surface area contributed by atoms with Crippen molar-refractivity contribution < 1.29 is 4.74 Å². The molecule has 0 atom stereocenters. The predicted molar refractivity (Wildman–Crippen MR) is 76.2 cm³/mol. The third-order valence-corrected chi connectivity index (χ3v) is 2.91. The minimum Gasteiger partial charge on any atom is -0.497 e. The number of methoxy groups -OCH3 is 1. The number of anilines is 1. The molecule has 0 radical (unpaired) electrons. The number of ether oxygens (including phenoxy) is 1. The van der Waals surface area contributed by atoms with Crippen LogP contribution in [0.25, 0.3) is 0 Å². The summed E-state index contributed by atoms with van der Waals surface area (Å²) in [5.41, 5.74) is 2.76. The van der Waals surface area contributed by atoms with Crippen molar-refractivity contribution in [2.45, 2.75) is 6.54 Å². The minimum absolute atomic E-state index is 0.470. The summed E-state index contributed by atoms with van der Waals surface area (Å²) in [5, 5.41) is 21.1. The van der Waals surface area contributed by atoms with Gasteiger partial charge in [0.1, 0.15) is 11.8 Å². The fourth-order valence-corrected chi connectivity index (χ4v) is 1.80.